The minimum absolute atomic E-state index is 0.0429. The van der Waals surface area contributed by atoms with Gasteiger partial charge in [-0.2, -0.15) is 0 Å². The van der Waals surface area contributed by atoms with Gasteiger partial charge < -0.3 is 15.0 Å². The van der Waals surface area contributed by atoms with E-state index in [2.05, 4.69) is 23.6 Å². The summed E-state index contributed by atoms with van der Waals surface area (Å²) < 4.78 is 2.03. The largest absolute Gasteiger partial charge is 0.326 e. The molecule has 0 aliphatic rings. The van der Waals surface area contributed by atoms with Gasteiger partial charge in [-0.1, -0.05) is 18.2 Å². The van der Waals surface area contributed by atoms with E-state index in [0.29, 0.717) is 6.42 Å². The summed E-state index contributed by atoms with van der Waals surface area (Å²) >= 11 is 0. The molecule has 124 valence electrons. The molecular weight excluding hydrogens is 300 g/mol. The second-order valence-corrected chi connectivity index (χ2v) is 5.88. The Labute approximate surface area is 141 Å². The van der Waals surface area contributed by atoms with Crippen molar-refractivity contribution in [3.8, 4) is 11.3 Å². The van der Waals surface area contributed by atoms with Gasteiger partial charge in [0.1, 0.15) is 5.65 Å². The number of hydrogen-bond acceptors (Lipinski definition) is 3. The lowest BCUT2D eigenvalue weighted by Crippen LogP contribution is -2.15. The van der Waals surface area contributed by atoms with Crippen LogP contribution in [0.5, 0.6) is 0 Å². The fourth-order valence-electron chi connectivity index (χ4n) is 2.67. The van der Waals surface area contributed by atoms with Crippen LogP contribution in [0.25, 0.3) is 16.9 Å². The van der Waals surface area contributed by atoms with Gasteiger partial charge in [0, 0.05) is 30.1 Å². The summed E-state index contributed by atoms with van der Waals surface area (Å²) in [5.74, 6) is 0.0429. The first-order chi connectivity index (χ1) is 11.7. The molecule has 0 saturated carbocycles. The van der Waals surface area contributed by atoms with Crippen molar-refractivity contribution in [1.82, 2.24) is 14.7 Å². The van der Waals surface area contributed by atoms with Crippen LogP contribution in [0.1, 0.15) is 18.4 Å². The average molecular weight is 322 g/mol. The molecule has 0 unspecified atom stereocenters. The SMILES string of the molecule is CNCCCC(=O)Nc1ccc(-c2cn3cccc(C)c3n2)cc1. The van der Waals surface area contributed by atoms with Crippen molar-refractivity contribution in [3.05, 3.63) is 54.4 Å². The van der Waals surface area contributed by atoms with Crippen LogP contribution in [0, 0.1) is 6.92 Å². The molecule has 0 spiro atoms. The Kier molecular flexibility index (Phi) is 4.91. The van der Waals surface area contributed by atoms with Crippen molar-refractivity contribution in [1.29, 1.82) is 0 Å². The van der Waals surface area contributed by atoms with Crippen LogP contribution < -0.4 is 10.6 Å². The standard InChI is InChI=1S/C19H22N4O/c1-14-5-4-12-23-13-17(22-19(14)23)15-7-9-16(10-8-15)21-18(24)6-3-11-20-2/h4-5,7-10,12-13,20H,3,6,11H2,1-2H3,(H,21,24). The fraction of sp³-hybridized carbons (Fsp3) is 0.263. The number of rotatable bonds is 6. The maximum atomic E-state index is 11.8. The maximum Gasteiger partial charge on any atom is 0.224 e. The summed E-state index contributed by atoms with van der Waals surface area (Å²) in [6.07, 6.45) is 5.38. The maximum absolute atomic E-state index is 11.8. The lowest BCUT2D eigenvalue weighted by atomic mass is 10.1. The normalized spacial score (nSPS) is 10.9. The number of carbonyl (C=O) groups excluding carboxylic acids is 1. The number of aromatic nitrogens is 2. The lowest BCUT2D eigenvalue weighted by molar-refractivity contribution is -0.116. The molecular formula is C19H22N4O. The Morgan fingerprint density at radius 1 is 1.21 bits per heavy atom. The molecule has 5 heteroatoms. The van der Waals surface area contributed by atoms with Gasteiger partial charge in [0.2, 0.25) is 5.91 Å². The van der Waals surface area contributed by atoms with E-state index >= 15 is 0 Å². The van der Waals surface area contributed by atoms with Crippen LogP contribution >= 0.6 is 0 Å². The Bertz CT molecular complexity index is 836. The molecule has 2 heterocycles. The zero-order valence-corrected chi connectivity index (χ0v) is 14.0. The second-order valence-electron chi connectivity index (χ2n) is 5.88. The summed E-state index contributed by atoms with van der Waals surface area (Å²) in [6.45, 7) is 2.90. The third-order valence-corrected chi connectivity index (χ3v) is 3.97. The Morgan fingerprint density at radius 3 is 2.71 bits per heavy atom. The van der Waals surface area contributed by atoms with Gasteiger partial charge in [-0.05, 0) is 50.7 Å². The third kappa shape index (κ3) is 3.63. The van der Waals surface area contributed by atoms with E-state index < -0.39 is 0 Å². The number of carbonyl (C=O) groups is 1. The van der Waals surface area contributed by atoms with Crippen LogP contribution in [0.2, 0.25) is 0 Å². The number of pyridine rings is 1. The number of aryl methyl sites for hydroxylation is 1. The summed E-state index contributed by atoms with van der Waals surface area (Å²) in [7, 11) is 1.89. The molecule has 3 rings (SSSR count). The van der Waals surface area contributed by atoms with E-state index in [9.17, 15) is 4.79 Å². The number of imidazole rings is 1. The number of benzene rings is 1. The lowest BCUT2D eigenvalue weighted by Gasteiger charge is -2.05. The van der Waals surface area contributed by atoms with E-state index in [-0.39, 0.29) is 5.91 Å². The number of nitrogens with zero attached hydrogens (tertiary/aromatic N) is 2. The van der Waals surface area contributed by atoms with Crippen LogP contribution in [-0.2, 0) is 4.79 Å². The van der Waals surface area contributed by atoms with E-state index in [1.54, 1.807) is 0 Å². The quantitative estimate of drug-likeness (QED) is 0.685. The van der Waals surface area contributed by atoms with E-state index in [1.807, 2.05) is 54.2 Å². The second kappa shape index (κ2) is 7.27. The van der Waals surface area contributed by atoms with Gasteiger partial charge in [-0.15, -0.1) is 0 Å². The zero-order valence-electron chi connectivity index (χ0n) is 14.0. The molecule has 5 nitrogen and oxygen atoms in total. The van der Waals surface area contributed by atoms with Crippen molar-refractivity contribution < 1.29 is 4.79 Å². The minimum atomic E-state index is 0.0429. The fourth-order valence-corrected chi connectivity index (χ4v) is 2.67. The third-order valence-electron chi connectivity index (χ3n) is 3.97. The van der Waals surface area contributed by atoms with E-state index in [4.69, 9.17) is 4.98 Å². The summed E-state index contributed by atoms with van der Waals surface area (Å²) in [6, 6.07) is 11.9. The van der Waals surface area contributed by atoms with Crippen LogP contribution in [0.15, 0.2) is 48.8 Å². The van der Waals surface area contributed by atoms with Crippen molar-refractivity contribution in [2.24, 2.45) is 0 Å². The molecule has 1 aromatic carbocycles. The number of anilines is 1. The topological polar surface area (TPSA) is 58.4 Å². The molecule has 0 atom stereocenters. The highest BCUT2D eigenvalue weighted by Crippen LogP contribution is 2.22. The van der Waals surface area contributed by atoms with Crippen LogP contribution in [0.3, 0.4) is 0 Å². The van der Waals surface area contributed by atoms with E-state index in [0.717, 1.165) is 41.1 Å². The molecule has 0 bridgehead atoms. The Balaban J connectivity index is 1.71. The van der Waals surface area contributed by atoms with Crippen LogP contribution in [-0.4, -0.2) is 28.9 Å². The molecule has 3 aromatic rings. The van der Waals surface area contributed by atoms with Gasteiger partial charge in [0.15, 0.2) is 0 Å². The first kappa shape index (κ1) is 16.2. The first-order valence-corrected chi connectivity index (χ1v) is 8.16. The molecule has 0 fully saturated rings. The molecule has 2 N–H and O–H groups in total. The Morgan fingerprint density at radius 2 is 2.00 bits per heavy atom. The molecule has 1 amide bonds. The predicted molar refractivity (Wildman–Crippen MR) is 97.2 cm³/mol. The van der Waals surface area contributed by atoms with Gasteiger partial charge in [-0.3, -0.25) is 4.79 Å². The van der Waals surface area contributed by atoms with Gasteiger partial charge in [0.05, 0.1) is 5.69 Å². The number of hydrogen-bond donors (Lipinski definition) is 2. The number of nitrogens with one attached hydrogen (secondary N) is 2. The number of amides is 1. The smallest absolute Gasteiger partial charge is 0.224 e. The van der Waals surface area contributed by atoms with Crippen molar-refractivity contribution >= 4 is 17.2 Å². The molecule has 0 aliphatic carbocycles. The van der Waals surface area contributed by atoms with Crippen molar-refractivity contribution in [3.63, 3.8) is 0 Å². The minimum Gasteiger partial charge on any atom is -0.326 e. The first-order valence-electron chi connectivity index (χ1n) is 8.16. The molecule has 0 saturated heterocycles. The van der Waals surface area contributed by atoms with Gasteiger partial charge >= 0.3 is 0 Å². The summed E-state index contributed by atoms with van der Waals surface area (Å²) in [5, 5.41) is 5.96. The molecule has 0 radical (unpaired) electrons. The molecule has 24 heavy (non-hydrogen) atoms. The van der Waals surface area contributed by atoms with Gasteiger partial charge in [0.25, 0.3) is 0 Å². The van der Waals surface area contributed by atoms with Crippen molar-refractivity contribution in [2.75, 3.05) is 18.9 Å². The molecule has 2 aromatic heterocycles. The monoisotopic (exact) mass is 322 g/mol. The van der Waals surface area contributed by atoms with Gasteiger partial charge in [-0.25, -0.2) is 4.98 Å². The molecule has 0 aliphatic heterocycles. The Hall–Kier alpha value is -2.66. The average Bonchev–Trinajstić information content (AvgIpc) is 3.01. The zero-order chi connectivity index (χ0) is 16.9. The summed E-state index contributed by atoms with van der Waals surface area (Å²) in [4.78, 5) is 16.5. The highest BCUT2D eigenvalue weighted by Gasteiger charge is 2.07. The summed E-state index contributed by atoms with van der Waals surface area (Å²) in [5.41, 5.74) is 4.89. The number of fused-ring (bicyclic) bond motifs is 1. The van der Waals surface area contributed by atoms with Crippen LogP contribution in [0.4, 0.5) is 5.69 Å². The highest BCUT2D eigenvalue weighted by atomic mass is 16.1. The highest BCUT2D eigenvalue weighted by molar-refractivity contribution is 5.90. The van der Waals surface area contributed by atoms with Crippen molar-refractivity contribution in [2.45, 2.75) is 19.8 Å². The van der Waals surface area contributed by atoms with E-state index in [1.165, 1.54) is 0 Å². The predicted octanol–water partition coefficient (Wildman–Crippen LogP) is 3.25.